The molecule has 4 rings (SSSR count). The standard InChI is InChI=1S/C26H22ClN3O3S2/c1-4-15-30-23-14-7-19(17(2)3)16-24(23)34-26(30)28-25(31)18-5-10-21(11-6-18)29-35(32,33)22-12-8-20(27)9-13-22/h1,5-14,16-17,29H,15H2,2-3H3. The average molecular weight is 524 g/mol. The van der Waals surface area contributed by atoms with Gasteiger partial charge in [0, 0.05) is 16.3 Å². The minimum absolute atomic E-state index is 0.0838. The Balaban J connectivity index is 1.61. The van der Waals surface area contributed by atoms with Crippen LogP contribution in [0.25, 0.3) is 10.2 Å². The Kier molecular flexibility index (Phi) is 7.13. The smallest absolute Gasteiger partial charge is 0.279 e. The van der Waals surface area contributed by atoms with Crippen LogP contribution in [0.3, 0.4) is 0 Å². The molecule has 1 amide bonds. The summed E-state index contributed by atoms with van der Waals surface area (Å²) in [6, 6.07) is 18.1. The maximum absolute atomic E-state index is 12.9. The van der Waals surface area contributed by atoms with Crippen LogP contribution < -0.4 is 9.52 Å². The number of nitrogens with zero attached hydrogens (tertiary/aromatic N) is 2. The van der Waals surface area contributed by atoms with Crippen molar-refractivity contribution < 1.29 is 13.2 Å². The van der Waals surface area contributed by atoms with Crippen molar-refractivity contribution in [1.29, 1.82) is 0 Å². The fraction of sp³-hybridized carbons (Fsp3) is 0.154. The first kappa shape index (κ1) is 24.7. The third kappa shape index (κ3) is 5.49. The molecule has 0 aliphatic heterocycles. The Labute approximate surface area is 213 Å². The monoisotopic (exact) mass is 523 g/mol. The van der Waals surface area contributed by atoms with E-state index in [1.165, 1.54) is 65.4 Å². The van der Waals surface area contributed by atoms with E-state index in [-0.39, 0.29) is 4.90 Å². The molecule has 3 aromatic carbocycles. The van der Waals surface area contributed by atoms with Gasteiger partial charge in [-0.1, -0.05) is 48.8 Å². The first-order valence-electron chi connectivity index (χ1n) is 10.7. The number of halogens is 1. The van der Waals surface area contributed by atoms with Gasteiger partial charge < -0.3 is 4.57 Å². The van der Waals surface area contributed by atoms with Crippen LogP contribution >= 0.6 is 22.9 Å². The van der Waals surface area contributed by atoms with E-state index in [0.717, 1.165) is 10.2 Å². The second-order valence-corrected chi connectivity index (χ2v) is 11.2. The zero-order valence-corrected chi connectivity index (χ0v) is 21.4. The van der Waals surface area contributed by atoms with Gasteiger partial charge in [-0.15, -0.1) is 6.42 Å². The number of anilines is 1. The lowest BCUT2D eigenvalue weighted by atomic mass is 10.0. The number of hydrogen-bond donors (Lipinski definition) is 1. The van der Waals surface area contributed by atoms with Gasteiger partial charge in [0.1, 0.15) is 0 Å². The predicted molar refractivity (Wildman–Crippen MR) is 141 cm³/mol. The summed E-state index contributed by atoms with van der Waals surface area (Å²) in [5, 5.41) is 0.443. The number of benzene rings is 3. The summed E-state index contributed by atoms with van der Waals surface area (Å²) in [6.07, 6.45) is 5.56. The molecule has 1 heterocycles. The first-order chi connectivity index (χ1) is 16.7. The van der Waals surface area contributed by atoms with Crippen molar-refractivity contribution in [3.8, 4) is 12.3 Å². The van der Waals surface area contributed by atoms with Gasteiger partial charge in [-0.3, -0.25) is 9.52 Å². The first-order valence-corrected chi connectivity index (χ1v) is 13.4. The largest absolute Gasteiger partial charge is 0.305 e. The number of sulfonamides is 1. The predicted octanol–water partition coefficient (Wildman–Crippen LogP) is 5.65. The highest BCUT2D eigenvalue weighted by Crippen LogP contribution is 2.24. The number of fused-ring (bicyclic) bond motifs is 1. The Hall–Kier alpha value is -3.38. The van der Waals surface area contributed by atoms with Gasteiger partial charge in [0.25, 0.3) is 15.9 Å². The Morgan fingerprint density at radius 3 is 2.43 bits per heavy atom. The molecule has 1 aromatic heterocycles. The molecule has 0 radical (unpaired) electrons. The van der Waals surface area contributed by atoms with Crippen molar-refractivity contribution in [3.05, 3.63) is 87.7 Å². The molecule has 0 aliphatic carbocycles. The van der Waals surface area contributed by atoms with Gasteiger partial charge in [0.05, 0.1) is 21.7 Å². The van der Waals surface area contributed by atoms with Gasteiger partial charge in [-0.2, -0.15) is 4.99 Å². The van der Waals surface area contributed by atoms with Crippen molar-refractivity contribution in [2.45, 2.75) is 31.2 Å². The molecule has 0 spiro atoms. The fourth-order valence-corrected chi connectivity index (χ4v) is 5.70. The molecule has 0 saturated heterocycles. The van der Waals surface area contributed by atoms with Gasteiger partial charge in [0.2, 0.25) is 0 Å². The van der Waals surface area contributed by atoms with E-state index >= 15 is 0 Å². The van der Waals surface area contributed by atoms with Crippen LogP contribution in [-0.4, -0.2) is 18.9 Å². The molecule has 4 aromatic rings. The van der Waals surface area contributed by atoms with Gasteiger partial charge in [-0.05, 0) is 72.1 Å². The second-order valence-electron chi connectivity index (χ2n) is 8.11. The maximum Gasteiger partial charge on any atom is 0.279 e. The van der Waals surface area contributed by atoms with E-state index in [4.69, 9.17) is 18.0 Å². The van der Waals surface area contributed by atoms with Crippen LogP contribution in [-0.2, 0) is 16.6 Å². The molecule has 35 heavy (non-hydrogen) atoms. The number of terminal acetylenes is 1. The van der Waals surface area contributed by atoms with Crippen molar-refractivity contribution in [3.63, 3.8) is 0 Å². The quantitative estimate of drug-likeness (QED) is 0.331. The number of amides is 1. The molecule has 0 aliphatic rings. The average Bonchev–Trinajstić information content (AvgIpc) is 3.16. The minimum Gasteiger partial charge on any atom is -0.305 e. The molecule has 178 valence electrons. The SMILES string of the molecule is C#CCn1c(=NC(=O)c2ccc(NS(=O)(=O)c3ccc(Cl)cc3)cc2)sc2cc(C(C)C)ccc21. The summed E-state index contributed by atoms with van der Waals surface area (Å²) in [5.41, 5.74) is 2.77. The number of nitrogens with one attached hydrogen (secondary N) is 1. The van der Waals surface area contributed by atoms with Crippen LogP contribution in [0.1, 0.15) is 35.7 Å². The molecular weight excluding hydrogens is 502 g/mol. The summed E-state index contributed by atoms with van der Waals surface area (Å²) in [5.74, 6) is 2.55. The highest BCUT2D eigenvalue weighted by Gasteiger charge is 2.15. The van der Waals surface area contributed by atoms with Gasteiger partial charge in [0.15, 0.2) is 4.80 Å². The molecular formula is C26H22ClN3O3S2. The molecule has 0 bridgehead atoms. The summed E-state index contributed by atoms with van der Waals surface area (Å²) in [4.78, 5) is 17.8. The lowest BCUT2D eigenvalue weighted by molar-refractivity contribution is 0.0998. The van der Waals surface area contributed by atoms with Gasteiger partial charge >= 0.3 is 0 Å². The molecule has 0 saturated carbocycles. The van der Waals surface area contributed by atoms with E-state index in [0.29, 0.717) is 33.5 Å². The highest BCUT2D eigenvalue weighted by atomic mass is 35.5. The van der Waals surface area contributed by atoms with Crippen molar-refractivity contribution >= 4 is 54.8 Å². The molecule has 6 nitrogen and oxygen atoms in total. The van der Waals surface area contributed by atoms with Crippen molar-refractivity contribution in [1.82, 2.24) is 4.57 Å². The maximum atomic E-state index is 12.9. The van der Waals surface area contributed by atoms with Gasteiger partial charge in [-0.25, -0.2) is 8.42 Å². The summed E-state index contributed by atoms with van der Waals surface area (Å²) < 4.78 is 30.5. The molecule has 0 fully saturated rings. The zero-order chi connectivity index (χ0) is 25.2. The number of hydrogen-bond acceptors (Lipinski definition) is 4. The zero-order valence-electron chi connectivity index (χ0n) is 19.0. The van der Waals surface area contributed by atoms with E-state index < -0.39 is 15.9 Å². The van der Waals surface area contributed by atoms with Crippen LogP contribution in [0.5, 0.6) is 0 Å². The lowest BCUT2D eigenvalue weighted by Gasteiger charge is -2.08. The normalized spacial score (nSPS) is 12.1. The lowest BCUT2D eigenvalue weighted by Crippen LogP contribution is -2.16. The minimum atomic E-state index is -3.79. The van der Waals surface area contributed by atoms with E-state index in [1.807, 2.05) is 10.6 Å². The Bertz CT molecular complexity index is 1610. The van der Waals surface area contributed by atoms with Crippen LogP contribution in [0.2, 0.25) is 5.02 Å². The summed E-state index contributed by atoms with van der Waals surface area (Å²) in [7, 11) is -3.79. The third-order valence-corrected chi connectivity index (χ3v) is 8.02. The van der Waals surface area contributed by atoms with Crippen molar-refractivity contribution in [2.24, 2.45) is 4.99 Å². The molecule has 0 atom stereocenters. The molecule has 1 N–H and O–H groups in total. The number of aromatic nitrogens is 1. The van der Waals surface area contributed by atoms with E-state index in [9.17, 15) is 13.2 Å². The molecule has 9 heteroatoms. The highest BCUT2D eigenvalue weighted by molar-refractivity contribution is 7.92. The number of rotatable bonds is 6. The van der Waals surface area contributed by atoms with Crippen LogP contribution in [0, 0.1) is 12.3 Å². The van der Waals surface area contributed by atoms with Crippen LogP contribution in [0.4, 0.5) is 5.69 Å². The number of thiazole rings is 1. The number of carbonyl (C=O) groups excluding carboxylic acids is 1. The topological polar surface area (TPSA) is 80.5 Å². The Morgan fingerprint density at radius 2 is 1.80 bits per heavy atom. The van der Waals surface area contributed by atoms with Crippen molar-refractivity contribution in [2.75, 3.05) is 4.72 Å². The summed E-state index contributed by atoms with van der Waals surface area (Å²) in [6.45, 7) is 4.54. The molecule has 0 unspecified atom stereocenters. The van der Waals surface area contributed by atoms with Crippen LogP contribution in [0.15, 0.2) is 76.6 Å². The van der Waals surface area contributed by atoms with E-state index in [1.54, 1.807) is 0 Å². The third-order valence-electron chi connectivity index (χ3n) is 5.33. The summed E-state index contributed by atoms with van der Waals surface area (Å²) >= 11 is 7.24. The fourth-order valence-electron chi connectivity index (χ4n) is 3.44. The van der Waals surface area contributed by atoms with E-state index in [2.05, 4.69) is 41.6 Å². The number of carbonyl (C=O) groups is 1. The Morgan fingerprint density at radius 1 is 1.11 bits per heavy atom. The second kappa shape index (κ2) is 10.1.